The third-order valence-corrected chi connectivity index (χ3v) is 3.22. The van der Waals surface area contributed by atoms with Gasteiger partial charge in [0.2, 0.25) is 5.91 Å². The number of carbonyl (C=O) groups excluding carboxylic acids is 1. The molecule has 0 aromatic heterocycles. The number of ether oxygens (including phenoxy) is 1. The van der Waals surface area contributed by atoms with Gasteiger partial charge in [0.05, 0.1) is 0 Å². The van der Waals surface area contributed by atoms with Gasteiger partial charge in [-0.2, -0.15) is 0 Å². The number of nitrogens with one attached hydrogen (secondary N) is 1. The normalized spacial score (nSPS) is 16.5. The molecule has 0 saturated carbocycles. The summed E-state index contributed by atoms with van der Waals surface area (Å²) >= 11 is 0. The molecule has 1 N–H and O–H groups in total. The highest BCUT2D eigenvalue weighted by Crippen LogP contribution is 2.17. The lowest BCUT2D eigenvalue weighted by atomic mass is 9.73. The Bertz CT molecular complexity index is 372. The number of hydrogen-bond donors (Lipinski definition) is 1. The summed E-state index contributed by atoms with van der Waals surface area (Å²) in [6.07, 6.45) is 1.66. The average Bonchev–Trinajstić information content (AvgIpc) is 2.40. The number of rotatable bonds is 3. The summed E-state index contributed by atoms with van der Waals surface area (Å²) in [7, 11) is 1.02. The molecule has 1 fully saturated rings. The van der Waals surface area contributed by atoms with Crippen molar-refractivity contribution >= 4 is 24.3 Å². The molecule has 0 bridgehead atoms. The highest BCUT2D eigenvalue weighted by Gasteiger charge is 2.21. The minimum atomic E-state index is 0.106. The maximum atomic E-state index is 12.0. The van der Waals surface area contributed by atoms with Crippen molar-refractivity contribution in [2.75, 3.05) is 18.5 Å². The summed E-state index contributed by atoms with van der Waals surface area (Å²) in [5.41, 5.74) is 2.17. The molecule has 1 aromatic rings. The summed E-state index contributed by atoms with van der Waals surface area (Å²) in [6, 6.07) is 8.05. The highest BCUT2D eigenvalue weighted by molar-refractivity contribution is 6.51. The van der Waals surface area contributed by atoms with E-state index in [9.17, 15) is 4.79 Å². The van der Waals surface area contributed by atoms with Crippen LogP contribution in [0.1, 0.15) is 12.8 Å². The summed E-state index contributed by atoms with van der Waals surface area (Å²) < 4.78 is 5.25. The number of carbonyl (C=O) groups is 1. The quantitative estimate of drug-likeness (QED) is 0.793. The van der Waals surface area contributed by atoms with Crippen molar-refractivity contribution in [1.29, 1.82) is 0 Å². The maximum absolute atomic E-state index is 12.0. The Morgan fingerprint density at radius 2 is 1.94 bits per heavy atom. The first-order valence-electron chi connectivity index (χ1n) is 6.27. The van der Waals surface area contributed by atoms with Gasteiger partial charge in [-0.15, -0.1) is 0 Å². The van der Waals surface area contributed by atoms with Crippen molar-refractivity contribution in [1.82, 2.24) is 0 Å². The molecule has 0 aliphatic carbocycles. The van der Waals surface area contributed by atoms with Crippen LogP contribution >= 0.6 is 0 Å². The van der Waals surface area contributed by atoms with E-state index in [-0.39, 0.29) is 11.8 Å². The van der Waals surface area contributed by atoms with Crippen molar-refractivity contribution in [3.63, 3.8) is 0 Å². The molecule has 0 radical (unpaired) electrons. The van der Waals surface area contributed by atoms with Gasteiger partial charge in [-0.1, -0.05) is 24.4 Å². The van der Waals surface area contributed by atoms with Crippen LogP contribution in [-0.2, 0) is 9.53 Å². The maximum Gasteiger partial charge on any atom is 0.227 e. The zero-order valence-corrected chi connectivity index (χ0v) is 10.2. The molecule has 0 spiro atoms. The molecule has 17 heavy (non-hydrogen) atoms. The van der Waals surface area contributed by atoms with Gasteiger partial charge >= 0.3 is 0 Å². The van der Waals surface area contributed by atoms with Crippen molar-refractivity contribution in [2.45, 2.75) is 19.7 Å². The van der Waals surface area contributed by atoms with Crippen LogP contribution in [0.15, 0.2) is 24.3 Å². The number of amides is 1. The lowest BCUT2D eigenvalue weighted by molar-refractivity contribution is -0.122. The molecule has 1 amide bonds. The third kappa shape index (κ3) is 3.33. The van der Waals surface area contributed by atoms with Gasteiger partial charge in [0.15, 0.2) is 7.28 Å². The zero-order valence-electron chi connectivity index (χ0n) is 10.2. The molecule has 90 valence electrons. The van der Waals surface area contributed by atoms with Crippen molar-refractivity contribution in [2.24, 2.45) is 5.92 Å². The summed E-state index contributed by atoms with van der Waals surface area (Å²) in [6.45, 7) is 3.52. The van der Waals surface area contributed by atoms with Gasteiger partial charge in [0, 0.05) is 24.8 Å². The molecule has 4 heteroatoms. The second kappa shape index (κ2) is 5.87. The van der Waals surface area contributed by atoms with Gasteiger partial charge in [-0.25, -0.2) is 0 Å². The first-order valence-corrected chi connectivity index (χ1v) is 6.27. The Morgan fingerprint density at radius 1 is 1.29 bits per heavy atom. The van der Waals surface area contributed by atoms with Gasteiger partial charge in [-0.3, -0.25) is 4.79 Å². The molecule has 1 aliphatic rings. The predicted octanol–water partition coefficient (Wildman–Crippen LogP) is 1.16. The fraction of sp³-hybridized carbons (Fsp3) is 0.462. The van der Waals surface area contributed by atoms with E-state index in [1.807, 2.05) is 12.1 Å². The van der Waals surface area contributed by atoms with Crippen LogP contribution in [0.4, 0.5) is 5.69 Å². The van der Waals surface area contributed by atoms with E-state index >= 15 is 0 Å². The minimum absolute atomic E-state index is 0.106. The lowest BCUT2D eigenvalue weighted by Gasteiger charge is -2.21. The van der Waals surface area contributed by atoms with Gasteiger partial charge in [0.1, 0.15) is 0 Å². The smallest absolute Gasteiger partial charge is 0.227 e. The predicted molar refractivity (Wildman–Crippen MR) is 71.3 cm³/mol. The molecule has 1 heterocycles. The van der Waals surface area contributed by atoms with Crippen LogP contribution in [0, 0.1) is 5.92 Å². The molecule has 1 aliphatic heterocycles. The molecular weight excluding hydrogens is 213 g/mol. The Kier molecular flexibility index (Phi) is 4.21. The summed E-state index contributed by atoms with van der Waals surface area (Å²) in [4.78, 5) is 12.0. The standard InChI is InChI=1S/C13H18BNO2/c1-14-11-2-4-12(5-3-11)15-13(16)10-6-8-17-9-7-10/h2-5,10,14H,6-9H2,1H3,(H,15,16). The first kappa shape index (κ1) is 12.2. The Balaban J connectivity index is 1.92. The fourth-order valence-corrected chi connectivity index (χ4v) is 2.03. The monoisotopic (exact) mass is 231 g/mol. The minimum Gasteiger partial charge on any atom is -0.381 e. The SMILES string of the molecule is CBc1ccc(NC(=O)C2CCOCC2)cc1. The van der Waals surface area contributed by atoms with Crippen molar-refractivity contribution < 1.29 is 9.53 Å². The largest absolute Gasteiger partial charge is 0.381 e. The van der Waals surface area contributed by atoms with Gasteiger partial charge in [-0.05, 0) is 25.0 Å². The average molecular weight is 231 g/mol. The summed E-state index contributed by atoms with van der Waals surface area (Å²) in [5.74, 6) is 0.229. The number of anilines is 1. The Labute approximate surface area is 103 Å². The van der Waals surface area contributed by atoms with E-state index in [1.54, 1.807) is 0 Å². The van der Waals surface area contributed by atoms with E-state index < -0.39 is 0 Å². The molecule has 2 rings (SSSR count). The van der Waals surface area contributed by atoms with Crippen LogP contribution in [0.5, 0.6) is 0 Å². The van der Waals surface area contributed by atoms with Crippen LogP contribution in [0.2, 0.25) is 6.82 Å². The third-order valence-electron chi connectivity index (χ3n) is 3.22. The second-order valence-corrected chi connectivity index (χ2v) is 4.43. The van der Waals surface area contributed by atoms with E-state index in [2.05, 4.69) is 24.3 Å². The van der Waals surface area contributed by atoms with E-state index in [1.165, 1.54) is 5.46 Å². The van der Waals surface area contributed by atoms with E-state index in [4.69, 9.17) is 4.74 Å². The Morgan fingerprint density at radius 3 is 2.53 bits per heavy atom. The van der Waals surface area contributed by atoms with Crippen LogP contribution in [0.3, 0.4) is 0 Å². The van der Waals surface area contributed by atoms with Crippen LogP contribution < -0.4 is 10.8 Å². The van der Waals surface area contributed by atoms with Gasteiger partial charge < -0.3 is 10.1 Å². The van der Waals surface area contributed by atoms with Crippen LogP contribution in [0.25, 0.3) is 0 Å². The zero-order chi connectivity index (χ0) is 12.1. The van der Waals surface area contributed by atoms with E-state index in [0.717, 1.165) is 25.8 Å². The Hall–Kier alpha value is -1.29. The molecule has 1 saturated heterocycles. The fourth-order valence-electron chi connectivity index (χ4n) is 2.03. The van der Waals surface area contributed by atoms with Gasteiger partial charge in [0.25, 0.3) is 0 Å². The topological polar surface area (TPSA) is 38.3 Å². The van der Waals surface area contributed by atoms with E-state index in [0.29, 0.717) is 13.2 Å². The molecule has 1 aromatic carbocycles. The number of benzene rings is 1. The molecule has 3 nitrogen and oxygen atoms in total. The lowest BCUT2D eigenvalue weighted by Crippen LogP contribution is -2.28. The van der Waals surface area contributed by atoms with Crippen LogP contribution in [-0.4, -0.2) is 26.4 Å². The molecule has 0 atom stereocenters. The van der Waals surface area contributed by atoms with Crippen molar-refractivity contribution in [3.8, 4) is 0 Å². The summed E-state index contributed by atoms with van der Waals surface area (Å²) in [5, 5.41) is 2.97. The number of hydrogen-bond acceptors (Lipinski definition) is 2. The second-order valence-electron chi connectivity index (χ2n) is 4.43. The first-order chi connectivity index (χ1) is 8.29. The van der Waals surface area contributed by atoms with Crippen molar-refractivity contribution in [3.05, 3.63) is 24.3 Å². The molecule has 0 unspecified atom stereocenters. The molecular formula is C13H18BNO2. The highest BCUT2D eigenvalue weighted by atomic mass is 16.5.